The molecule has 2 aromatic carbocycles. The summed E-state index contributed by atoms with van der Waals surface area (Å²) in [5, 5.41) is -0.225. The van der Waals surface area contributed by atoms with Crippen molar-refractivity contribution in [1.82, 2.24) is 13.9 Å². The van der Waals surface area contributed by atoms with Crippen molar-refractivity contribution in [3.8, 4) is 11.5 Å². The van der Waals surface area contributed by atoms with Gasteiger partial charge in [0, 0.05) is 20.1 Å². The standard InChI is InChI=1S/C20H17Cl2FN4O4S/c1-26-9-24-13-4-5-15(18(22)16(13)20(26)28)31-19-12(23)2-3-14(17(19)21)25-32(29,30)27-7-10-6-11(10)8-27/h2-5,9-11,25H,6-8H2,1H3. The Balaban J connectivity index is 1.49. The minimum absolute atomic E-state index is 0.0234. The molecule has 12 heteroatoms. The number of anilines is 1. The maximum atomic E-state index is 14.6. The van der Waals surface area contributed by atoms with E-state index in [-0.39, 0.29) is 26.9 Å². The van der Waals surface area contributed by atoms with Gasteiger partial charge in [-0.25, -0.2) is 9.37 Å². The molecule has 3 aromatic rings. The number of fused-ring (bicyclic) bond motifs is 2. The number of benzene rings is 2. The number of nitrogens with zero attached hydrogens (tertiary/aromatic N) is 3. The smallest absolute Gasteiger partial charge is 0.301 e. The van der Waals surface area contributed by atoms with Crippen LogP contribution in [0.1, 0.15) is 6.42 Å². The largest absolute Gasteiger partial charge is 0.451 e. The van der Waals surface area contributed by atoms with E-state index in [1.807, 2.05) is 0 Å². The van der Waals surface area contributed by atoms with Crippen LogP contribution in [0.4, 0.5) is 10.1 Å². The molecule has 0 spiro atoms. The fraction of sp³-hybridized carbons (Fsp3) is 0.300. The zero-order valence-corrected chi connectivity index (χ0v) is 19.0. The zero-order chi connectivity index (χ0) is 22.8. The van der Waals surface area contributed by atoms with Crippen molar-refractivity contribution in [2.75, 3.05) is 17.8 Å². The van der Waals surface area contributed by atoms with Crippen molar-refractivity contribution >= 4 is 50.0 Å². The highest BCUT2D eigenvalue weighted by Crippen LogP contribution is 2.46. The van der Waals surface area contributed by atoms with E-state index in [2.05, 4.69) is 9.71 Å². The van der Waals surface area contributed by atoms with E-state index in [1.54, 1.807) is 0 Å². The molecule has 0 amide bonds. The number of hydrogen-bond acceptors (Lipinski definition) is 5. The first-order valence-corrected chi connectivity index (χ1v) is 11.9. The molecule has 2 heterocycles. The van der Waals surface area contributed by atoms with Gasteiger partial charge in [0.2, 0.25) is 0 Å². The summed E-state index contributed by atoms with van der Waals surface area (Å²) in [6, 6.07) is 5.20. The third kappa shape index (κ3) is 3.61. The highest BCUT2D eigenvalue weighted by Gasteiger charge is 2.48. The van der Waals surface area contributed by atoms with E-state index in [1.165, 1.54) is 40.4 Å². The van der Waals surface area contributed by atoms with Crippen molar-refractivity contribution in [3.63, 3.8) is 0 Å². The average Bonchev–Trinajstić information content (AvgIpc) is 3.36. The summed E-state index contributed by atoms with van der Waals surface area (Å²) in [6.07, 6.45) is 2.41. The van der Waals surface area contributed by atoms with Crippen LogP contribution in [0.2, 0.25) is 10.0 Å². The van der Waals surface area contributed by atoms with Gasteiger partial charge in [0.05, 0.1) is 27.9 Å². The van der Waals surface area contributed by atoms with Crippen LogP contribution in [0.15, 0.2) is 35.4 Å². The van der Waals surface area contributed by atoms with Crippen LogP contribution in [0.3, 0.4) is 0 Å². The quantitative estimate of drug-likeness (QED) is 0.577. The number of aromatic nitrogens is 2. The van der Waals surface area contributed by atoms with E-state index < -0.39 is 27.3 Å². The zero-order valence-electron chi connectivity index (χ0n) is 16.7. The van der Waals surface area contributed by atoms with Crippen LogP contribution < -0.4 is 15.0 Å². The summed E-state index contributed by atoms with van der Waals surface area (Å²) >= 11 is 12.7. The molecular formula is C20H17Cl2FN4O4S. The second-order valence-corrected chi connectivity index (χ2v) is 10.4. The molecule has 8 nitrogen and oxygen atoms in total. The summed E-state index contributed by atoms with van der Waals surface area (Å²) in [5.41, 5.74) is -0.0810. The molecule has 0 radical (unpaired) electrons. The predicted octanol–water partition coefficient (Wildman–Crippen LogP) is 3.78. The highest BCUT2D eigenvalue weighted by molar-refractivity contribution is 7.90. The Hall–Kier alpha value is -2.40. The lowest BCUT2D eigenvalue weighted by atomic mass is 10.2. The molecule has 1 aromatic heterocycles. The number of piperidine rings is 1. The number of rotatable bonds is 5. The lowest BCUT2D eigenvalue weighted by Crippen LogP contribution is -2.35. The monoisotopic (exact) mass is 498 g/mol. The molecule has 2 aliphatic rings. The Morgan fingerprint density at radius 1 is 1.16 bits per heavy atom. The number of nitrogens with one attached hydrogen (secondary N) is 1. The molecule has 2 unspecified atom stereocenters. The first-order chi connectivity index (χ1) is 15.2. The van der Waals surface area contributed by atoms with Crippen molar-refractivity contribution in [2.45, 2.75) is 6.42 Å². The van der Waals surface area contributed by atoms with Crippen LogP contribution in [0.5, 0.6) is 11.5 Å². The van der Waals surface area contributed by atoms with Crippen molar-refractivity contribution in [1.29, 1.82) is 0 Å². The lowest BCUT2D eigenvalue weighted by Gasteiger charge is -2.20. The molecule has 5 rings (SSSR count). The third-order valence-corrected chi connectivity index (χ3v) is 7.98. The molecule has 1 aliphatic carbocycles. The Kier molecular flexibility index (Phi) is 5.08. The van der Waals surface area contributed by atoms with Gasteiger partial charge in [-0.3, -0.25) is 9.52 Å². The van der Waals surface area contributed by atoms with Gasteiger partial charge in [-0.1, -0.05) is 23.2 Å². The van der Waals surface area contributed by atoms with E-state index in [4.69, 9.17) is 27.9 Å². The van der Waals surface area contributed by atoms with Crippen LogP contribution in [0, 0.1) is 17.7 Å². The molecule has 1 N–H and O–H groups in total. The Morgan fingerprint density at radius 2 is 1.88 bits per heavy atom. The summed E-state index contributed by atoms with van der Waals surface area (Å²) < 4.78 is 50.6. The van der Waals surface area contributed by atoms with Gasteiger partial charge in [-0.15, -0.1) is 0 Å². The molecule has 1 saturated heterocycles. The van der Waals surface area contributed by atoms with Gasteiger partial charge >= 0.3 is 10.2 Å². The van der Waals surface area contributed by atoms with E-state index >= 15 is 0 Å². The van der Waals surface area contributed by atoms with Gasteiger partial charge in [0.1, 0.15) is 10.8 Å². The van der Waals surface area contributed by atoms with E-state index in [9.17, 15) is 17.6 Å². The summed E-state index contributed by atoms with van der Waals surface area (Å²) in [5.74, 6) is -0.448. The fourth-order valence-corrected chi connectivity index (χ4v) is 5.81. The fourth-order valence-electron chi connectivity index (χ4n) is 3.88. The van der Waals surface area contributed by atoms with Gasteiger partial charge in [0.25, 0.3) is 5.56 Å². The second-order valence-electron chi connectivity index (χ2n) is 7.95. The number of halogens is 3. The lowest BCUT2D eigenvalue weighted by molar-refractivity contribution is 0.442. The minimum atomic E-state index is -3.85. The number of hydrogen-bond donors (Lipinski definition) is 1. The Bertz CT molecular complexity index is 1420. The van der Waals surface area contributed by atoms with Crippen LogP contribution in [-0.2, 0) is 17.3 Å². The predicted molar refractivity (Wildman–Crippen MR) is 119 cm³/mol. The second kappa shape index (κ2) is 7.58. The summed E-state index contributed by atoms with van der Waals surface area (Å²) in [4.78, 5) is 16.6. The first kappa shape index (κ1) is 21.4. The maximum absolute atomic E-state index is 14.6. The van der Waals surface area contributed by atoms with Crippen molar-refractivity contribution in [2.24, 2.45) is 18.9 Å². The molecule has 2 fully saturated rings. The minimum Gasteiger partial charge on any atom is -0.451 e. The maximum Gasteiger partial charge on any atom is 0.301 e. The van der Waals surface area contributed by atoms with Gasteiger partial charge in [0.15, 0.2) is 11.6 Å². The number of ether oxygens (including phenoxy) is 1. The van der Waals surface area contributed by atoms with Gasteiger partial charge in [-0.05, 0) is 42.5 Å². The average molecular weight is 499 g/mol. The Labute approximate surface area is 192 Å². The van der Waals surface area contributed by atoms with Crippen molar-refractivity contribution in [3.05, 3.63) is 56.8 Å². The molecule has 1 saturated carbocycles. The molecule has 2 atom stereocenters. The van der Waals surface area contributed by atoms with Crippen LogP contribution >= 0.6 is 23.2 Å². The Morgan fingerprint density at radius 3 is 2.59 bits per heavy atom. The SMILES string of the molecule is Cn1cnc2ccc(Oc3c(F)ccc(NS(=O)(=O)N4CC5CC5C4)c3Cl)c(Cl)c2c1=O. The normalized spacial score (nSPS) is 20.4. The topological polar surface area (TPSA) is 93.5 Å². The highest BCUT2D eigenvalue weighted by atomic mass is 35.5. The molecule has 1 aliphatic heterocycles. The first-order valence-electron chi connectivity index (χ1n) is 9.73. The van der Waals surface area contributed by atoms with Crippen LogP contribution in [0.25, 0.3) is 10.9 Å². The summed E-state index contributed by atoms with van der Waals surface area (Å²) in [6.45, 7) is 0.912. The molecule has 32 heavy (non-hydrogen) atoms. The van der Waals surface area contributed by atoms with Gasteiger partial charge in [-0.2, -0.15) is 12.7 Å². The number of aryl methyl sites for hydroxylation is 1. The van der Waals surface area contributed by atoms with Crippen molar-refractivity contribution < 1.29 is 17.5 Å². The van der Waals surface area contributed by atoms with Crippen LogP contribution in [-0.4, -0.2) is 35.4 Å². The van der Waals surface area contributed by atoms with Gasteiger partial charge < -0.3 is 9.30 Å². The third-order valence-electron chi connectivity index (χ3n) is 5.77. The molecular weight excluding hydrogens is 482 g/mol. The molecule has 168 valence electrons. The van der Waals surface area contributed by atoms with E-state index in [0.29, 0.717) is 30.4 Å². The summed E-state index contributed by atoms with van der Waals surface area (Å²) in [7, 11) is -2.32. The van der Waals surface area contributed by atoms with E-state index in [0.717, 1.165) is 12.5 Å². The molecule has 0 bridgehead atoms.